The predicted molar refractivity (Wildman–Crippen MR) is 63.1 cm³/mol. The van der Waals surface area contributed by atoms with Crippen LogP contribution in [0, 0.1) is 5.92 Å². The molecule has 0 amide bonds. The van der Waals surface area contributed by atoms with E-state index in [1.807, 2.05) is 0 Å². The van der Waals surface area contributed by atoms with Gasteiger partial charge in [0, 0.05) is 19.6 Å². The zero-order chi connectivity index (χ0) is 14.0. The van der Waals surface area contributed by atoms with Crippen molar-refractivity contribution < 1.29 is 13.2 Å². The zero-order valence-corrected chi connectivity index (χ0v) is 10.8. The summed E-state index contributed by atoms with van der Waals surface area (Å²) in [7, 11) is 0. The quantitative estimate of drug-likeness (QED) is 0.895. The molecule has 0 bridgehead atoms. The van der Waals surface area contributed by atoms with Gasteiger partial charge in [0.15, 0.2) is 0 Å². The lowest BCUT2D eigenvalue weighted by atomic mass is 10.1. The molecular weight excluding hydrogens is 259 g/mol. The minimum absolute atomic E-state index is 0.276. The number of aromatic nitrogens is 3. The zero-order valence-electron chi connectivity index (χ0n) is 10.8. The first kappa shape index (κ1) is 14.3. The van der Waals surface area contributed by atoms with Crippen molar-refractivity contribution in [2.45, 2.75) is 32.6 Å². The highest BCUT2D eigenvalue weighted by atomic mass is 19.4. The SMILES string of the molecule is CCC(CN)CN1CCn2c(nnc2C(F)(F)F)C1. The van der Waals surface area contributed by atoms with Crippen LogP contribution in [0.15, 0.2) is 0 Å². The van der Waals surface area contributed by atoms with Crippen molar-refractivity contribution >= 4 is 0 Å². The average molecular weight is 277 g/mol. The average Bonchev–Trinajstić information content (AvgIpc) is 2.78. The van der Waals surface area contributed by atoms with E-state index in [1.54, 1.807) is 0 Å². The van der Waals surface area contributed by atoms with E-state index in [0.717, 1.165) is 13.0 Å². The Hall–Kier alpha value is -1.15. The Morgan fingerprint density at radius 3 is 2.63 bits per heavy atom. The number of hydrogen-bond acceptors (Lipinski definition) is 4. The Labute approximate surface area is 109 Å². The highest BCUT2D eigenvalue weighted by molar-refractivity contribution is 5.02. The number of halogens is 3. The number of nitrogens with two attached hydrogens (primary N) is 1. The van der Waals surface area contributed by atoms with Crippen molar-refractivity contribution in [1.82, 2.24) is 19.7 Å². The van der Waals surface area contributed by atoms with E-state index in [4.69, 9.17) is 5.73 Å². The second-order valence-corrected chi connectivity index (χ2v) is 4.83. The van der Waals surface area contributed by atoms with Gasteiger partial charge < -0.3 is 10.3 Å². The van der Waals surface area contributed by atoms with E-state index < -0.39 is 12.0 Å². The van der Waals surface area contributed by atoms with Crippen molar-refractivity contribution in [3.05, 3.63) is 11.6 Å². The number of fused-ring (bicyclic) bond motifs is 1. The van der Waals surface area contributed by atoms with Crippen molar-refractivity contribution in [1.29, 1.82) is 0 Å². The Kier molecular flexibility index (Phi) is 4.10. The molecule has 2 heterocycles. The Morgan fingerprint density at radius 1 is 1.32 bits per heavy atom. The van der Waals surface area contributed by atoms with E-state index >= 15 is 0 Å². The molecule has 0 fully saturated rings. The van der Waals surface area contributed by atoms with Gasteiger partial charge >= 0.3 is 6.18 Å². The standard InChI is InChI=1S/C11H18F3N5/c1-2-8(5-15)6-18-3-4-19-9(7-18)16-17-10(19)11(12,13)14/h8H,2-7,15H2,1H3. The molecule has 1 aromatic rings. The molecule has 1 aromatic heterocycles. The topological polar surface area (TPSA) is 60.0 Å². The summed E-state index contributed by atoms with van der Waals surface area (Å²) in [5.74, 6) is -0.143. The van der Waals surface area contributed by atoms with Gasteiger partial charge in [-0.2, -0.15) is 13.2 Å². The second-order valence-electron chi connectivity index (χ2n) is 4.83. The van der Waals surface area contributed by atoms with Crippen molar-refractivity contribution in [3.63, 3.8) is 0 Å². The fourth-order valence-electron chi connectivity index (χ4n) is 2.31. The monoisotopic (exact) mass is 277 g/mol. The van der Waals surface area contributed by atoms with Gasteiger partial charge in [0.05, 0.1) is 6.54 Å². The highest BCUT2D eigenvalue weighted by Gasteiger charge is 2.39. The third-order valence-electron chi connectivity index (χ3n) is 3.51. The Morgan fingerprint density at radius 2 is 2.05 bits per heavy atom. The van der Waals surface area contributed by atoms with Crippen molar-refractivity contribution in [2.75, 3.05) is 19.6 Å². The molecule has 0 saturated carbocycles. The normalized spacial score (nSPS) is 18.4. The molecule has 0 aromatic carbocycles. The molecule has 108 valence electrons. The van der Waals surface area contributed by atoms with Crippen LogP contribution >= 0.6 is 0 Å². The molecule has 2 rings (SSSR count). The van der Waals surface area contributed by atoms with Gasteiger partial charge in [0.1, 0.15) is 5.82 Å². The van der Waals surface area contributed by atoms with Crippen LogP contribution in [0.2, 0.25) is 0 Å². The maximum absolute atomic E-state index is 12.7. The Bertz CT molecular complexity index is 424. The summed E-state index contributed by atoms with van der Waals surface area (Å²) < 4.78 is 39.2. The van der Waals surface area contributed by atoms with E-state index in [2.05, 4.69) is 22.0 Å². The van der Waals surface area contributed by atoms with Gasteiger partial charge in [-0.15, -0.1) is 10.2 Å². The fourth-order valence-corrected chi connectivity index (χ4v) is 2.31. The molecule has 0 radical (unpaired) electrons. The van der Waals surface area contributed by atoms with Gasteiger partial charge in [0.2, 0.25) is 5.82 Å². The maximum Gasteiger partial charge on any atom is 0.451 e. The molecule has 1 aliphatic heterocycles. The number of rotatable bonds is 4. The minimum atomic E-state index is -4.43. The van der Waals surface area contributed by atoms with Crippen LogP contribution in [0.1, 0.15) is 25.0 Å². The smallest absolute Gasteiger partial charge is 0.330 e. The van der Waals surface area contributed by atoms with Crippen LogP contribution in [0.25, 0.3) is 0 Å². The molecule has 1 unspecified atom stereocenters. The maximum atomic E-state index is 12.7. The van der Waals surface area contributed by atoms with Gasteiger partial charge in [-0.25, -0.2) is 0 Å². The van der Waals surface area contributed by atoms with Crippen LogP contribution in [0.4, 0.5) is 13.2 Å². The molecule has 5 nitrogen and oxygen atoms in total. The Balaban J connectivity index is 2.07. The third-order valence-corrected chi connectivity index (χ3v) is 3.51. The first-order valence-electron chi connectivity index (χ1n) is 6.37. The summed E-state index contributed by atoms with van der Waals surface area (Å²) in [5, 5.41) is 6.91. The van der Waals surface area contributed by atoms with Crippen LogP contribution < -0.4 is 5.73 Å². The van der Waals surface area contributed by atoms with Gasteiger partial charge in [-0.3, -0.25) is 4.90 Å². The minimum Gasteiger partial charge on any atom is -0.330 e. The van der Waals surface area contributed by atoms with E-state index in [1.165, 1.54) is 4.57 Å². The molecule has 8 heteroatoms. The predicted octanol–water partition coefficient (Wildman–Crippen LogP) is 1.10. The molecule has 19 heavy (non-hydrogen) atoms. The molecular formula is C11H18F3N5. The number of hydrogen-bond donors (Lipinski definition) is 1. The first-order valence-corrected chi connectivity index (χ1v) is 6.37. The number of nitrogens with zero attached hydrogens (tertiary/aromatic N) is 4. The van der Waals surface area contributed by atoms with Crippen LogP contribution in [-0.4, -0.2) is 39.3 Å². The summed E-state index contributed by atoms with van der Waals surface area (Å²) in [5.41, 5.74) is 5.65. The second kappa shape index (κ2) is 5.46. The van der Waals surface area contributed by atoms with Crippen LogP contribution in [0.3, 0.4) is 0 Å². The molecule has 1 atom stereocenters. The largest absolute Gasteiger partial charge is 0.451 e. The van der Waals surface area contributed by atoms with E-state index in [9.17, 15) is 13.2 Å². The van der Waals surface area contributed by atoms with Crippen molar-refractivity contribution in [2.24, 2.45) is 11.7 Å². The van der Waals surface area contributed by atoms with Gasteiger partial charge in [-0.1, -0.05) is 13.3 Å². The summed E-state index contributed by atoms with van der Waals surface area (Å²) in [6.45, 7) is 4.70. The molecule has 0 aliphatic carbocycles. The molecule has 0 spiro atoms. The lowest BCUT2D eigenvalue weighted by molar-refractivity contribution is -0.148. The van der Waals surface area contributed by atoms with Gasteiger partial charge in [0.25, 0.3) is 0 Å². The van der Waals surface area contributed by atoms with Crippen LogP contribution in [0.5, 0.6) is 0 Å². The first-order chi connectivity index (χ1) is 8.95. The lowest BCUT2D eigenvalue weighted by Crippen LogP contribution is -2.39. The highest BCUT2D eigenvalue weighted by Crippen LogP contribution is 2.29. The summed E-state index contributed by atoms with van der Waals surface area (Å²) in [6, 6.07) is 0. The van der Waals surface area contributed by atoms with E-state index in [-0.39, 0.29) is 6.54 Å². The van der Waals surface area contributed by atoms with Crippen LogP contribution in [-0.2, 0) is 19.3 Å². The summed E-state index contributed by atoms with van der Waals surface area (Å²) >= 11 is 0. The lowest BCUT2D eigenvalue weighted by Gasteiger charge is -2.30. The summed E-state index contributed by atoms with van der Waals surface area (Å²) in [4.78, 5) is 2.09. The summed E-state index contributed by atoms with van der Waals surface area (Å²) in [6.07, 6.45) is -3.47. The molecule has 0 saturated heterocycles. The van der Waals surface area contributed by atoms with E-state index in [0.29, 0.717) is 31.4 Å². The number of alkyl halides is 3. The van der Waals surface area contributed by atoms with Gasteiger partial charge in [-0.05, 0) is 12.5 Å². The molecule has 2 N–H and O–H groups in total. The third kappa shape index (κ3) is 3.06. The van der Waals surface area contributed by atoms with Crippen molar-refractivity contribution in [3.8, 4) is 0 Å². The molecule has 1 aliphatic rings. The fraction of sp³-hybridized carbons (Fsp3) is 0.818.